The van der Waals surface area contributed by atoms with Crippen LogP contribution in [0.15, 0.2) is 12.4 Å². The summed E-state index contributed by atoms with van der Waals surface area (Å²) in [5.74, 6) is 1.91. The Morgan fingerprint density at radius 2 is 2.12 bits per heavy atom. The number of imidazole rings is 1. The summed E-state index contributed by atoms with van der Waals surface area (Å²) in [7, 11) is 5.86. The zero-order valence-corrected chi connectivity index (χ0v) is 10.7. The molecule has 0 amide bonds. The molecular formula is C11H18N6. The minimum Gasteiger partial charge on any atom is -0.394 e. The minimum absolute atomic E-state index is 0.701. The summed E-state index contributed by atoms with van der Waals surface area (Å²) in [4.78, 5) is 6.35. The highest BCUT2D eigenvalue weighted by atomic mass is 15.4. The van der Waals surface area contributed by atoms with E-state index in [2.05, 4.69) is 15.0 Å². The molecule has 2 N–H and O–H groups in total. The lowest BCUT2D eigenvalue weighted by molar-refractivity contribution is 0.702. The molecule has 0 aliphatic carbocycles. The lowest BCUT2D eigenvalue weighted by atomic mass is 10.3. The van der Waals surface area contributed by atoms with Gasteiger partial charge in [0.05, 0.1) is 17.9 Å². The molecule has 0 unspecified atom stereocenters. The highest BCUT2D eigenvalue weighted by molar-refractivity contribution is 5.65. The lowest BCUT2D eigenvalue weighted by Gasteiger charge is -2.19. The van der Waals surface area contributed by atoms with E-state index in [4.69, 9.17) is 5.73 Å². The topological polar surface area (TPSA) is 64.9 Å². The van der Waals surface area contributed by atoms with Gasteiger partial charge in [-0.1, -0.05) is 0 Å². The van der Waals surface area contributed by atoms with Crippen LogP contribution in [-0.4, -0.2) is 26.4 Å². The molecule has 2 rings (SSSR count). The molecule has 92 valence electrons. The summed E-state index contributed by atoms with van der Waals surface area (Å²) in [6, 6.07) is 0. The second kappa shape index (κ2) is 4.12. The Balaban J connectivity index is 2.26. The van der Waals surface area contributed by atoms with E-state index >= 15 is 0 Å². The van der Waals surface area contributed by atoms with Gasteiger partial charge in [-0.25, -0.2) is 4.98 Å². The summed E-state index contributed by atoms with van der Waals surface area (Å²) < 4.78 is 3.80. The van der Waals surface area contributed by atoms with Gasteiger partial charge in [0.25, 0.3) is 0 Å². The van der Waals surface area contributed by atoms with Gasteiger partial charge < -0.3 is 15.2 Å². The van der Waals surface area contributed by atoms with Gasteiger partial charge in [-0.3, -0.25) is 4.68 Å². The van der Waals surface area contributed by atoms with Crippen LogP contribution in [0.2, 0.25) is 0 Å². The van der Waals surface area contributed by atoms with Gasteiger partial charge in [-0.2, -0.15) is 5.10 Å². The van der Waals surface area contributed by atoms with Crippen molar-refractivity contribution in [2.24, 2.45) is 14.1 Å². The number of nitrogen functional groups attached to an aromatic ring is 1. The van der Waals surface area contributed by atoms with Gasteiger partial charge in [0.1, 0.15) is 5.82 Å². The molecule has 17 heavy (non-hydrogen) atoms. The SMILES string of the molecule is Cc1nn(C)c(N(C)Cc2nccn2C)c1N. The van der Waals surface area contributed by atoms with E-state index in [0.29, 0.717) is 6.54 Å². The molecule has 0 spiro atoms. The van der Waals surface area contributed by atoms with Crippen molar-refractivity contribution >= 4 is 11.5 Å². The van der Waals surface area contributed by atoms with E-state index < -0.39 is 0 Å². The van der Waals surface area contributed by atoms with E-state index in [1.54, 1.807) is 10.9 Å². The van der Waals surface area contributed by atoms with Crippen molar-refractivity contribution in [3.05, 3.63) is 23.9 Å². The maximum absolute atomic E-state index is 6.02. The van der Waals surface area contributed by atoms with Gasteiger partial charge in [0.2, 0.25) is 0 Å². The summed E-state index contributed by atoms with van der Waals surface area (Å²) in [5, 5.41) is 4.31. The summed E-state index contributed by atoms with van der Waals surface area (Å²) in [6.07, 6.45) is 3.72. The van der Waals surface area contributed by atoms with Crippen LogP contribution >= 0.6 is 0 Å². The Morgan fingerprint density at radius 1 is 1.41 bits per heavy atom. The molecule has 0 radical (unpaired) electrons. The number of anilines is 2. The zero-order chi connectivity index (χ0) is 12.6. The van der Waals surface area contributed by atoms with Crippen molar-refractivity contribution in [1.29, 1.82) is 0 Å². The first kappa shape index (κ1) is 11.5. The van der Waals surface area contributed by atoms with Crippen LogP contribution in [0.5, 0.6) is 0 Å². The van der Waals surface area contributed by atoms with E-state index in [-0.39, 0.29) is 0 Å². The van der Waals surface area contributed by atoms with Crippen LogP contribution in [0.1, 0.15) is 11.5 Å². The van der Waals surface area contributed by atoms with Crippen molar-refractivity contribution in [1.82, 2.24) is 19.3 Å². The standard InChI is InChI=1S/C11H18N6/c1-8-10(12)11(17(4)14-8)16(3)7-9-13-5-6-15(9)2/h5-6H,7,12H2,1-4H3. The van der Waals surface area contributed by atoms with Crippen molar-refractivity contribution in [3.63, 3.8) is 0 Å². The molecule has 0 saturated heterocycles. The van der Waals surface area contributed by atoms with Crippen LogP contribution in [0.25, 0.3) is 0 Å². The van der Waals surface area contributed by atoms with Crippen LogP contribution in [0, 0.1) is 6.92 Å². The monoisotopic (exact) mass is 234 g/mol. The first-order valence-electron chi connectivity index (χ1n) is 5.47. The number of hydrogen-bond acceptors (Lipinski definition) is 4. The molecule has 0 aliphatic rings. The molecule has 0 atom stereocenters. The number of nitrogens with zero attached hydrogens (tertiary/aromatic N) is 5. The van der Waals surface area contributed by atoms with Crippen molar-refractivity contribution < 1.29 is 0 Å². The third-order valence-electron chi connectivity index (χ3n) is 2.90. The molecule has 2 aromatic rings. The largest absolute Gasteiger partial charge is 0.394 e. The van der Waals surface area contributed by atoms with Crippen LogP contribution < -0.4 is 10.6 Å². The van der Waals surface area contributed by atoms with Crippen LogP contribution in [0.3, 0.4) is 0 Å². The summed E-state index contributed by atoms with van der Waals surface area (Å²) >= 11 is 0. The predicted molar refractivity (Wildman–Crippen MR) is 67.7 cm³/mol. The third-order valence-corrected chi connectivity index (χ3v) is 2.90. The zero-order valence-electron chi connectivity index (χ0n) is 10.7. The van der Waals surface area contributed by atoms with Crippen molar-refractivity contribution in [3.8, 4) is 0 Å². The fourth-order valence-corrected chi connectivity index (χ4v) is 1.95. The predicted octanol–water partition coefficient (Wildman–Crippen LogP) is 0.681. The number of rotatable bonds is 3. The van der Waals surface area contributed by atoms with Crippen molar-refractivity contribution in [2.45, 2.75) is 13.5 Å². The first-order chi connectivity index (χ1) is 8.00. The quantitative estimate of drug-likeness (QED) is 0.848. The highest BCUT2D eigenvalue weighted by Crippen LogP contribution is 2.25. The maximum Gasteiger partial charge on any atom is 0.150 e. The van der Waals surface area contributed by atoms with Crippen LogP contribution in [-0.2, 0) is 20.6 Å². The number of aryl methyl sites for hydroxylation is 3. The molecule has 0 bridgehead atoms. The fraction of sp³-hybridized carbons (Fsp3) is 0.455. The molecule has 2 aromatic heterocycles. The molecule has 6 nitrogen and oxygen atoms in total. The lowest BCUT2D eigenvalue weighted by Crippen LogP contribution is -2.22. The molecule has 0 fully saturated rings. The van der Waals surface area contributed by atoms with Gasteiger partial charge in [-0.15, -0.1) is 0 Å². The Bertz CT molecular complexity index is 524. The Kier molecular flexibility index (Phi) is 2.79. The van der Waals surface area contributed by atoms with Gasteiger partial charge in [0, 0.05) is 33.5 Å². The van der Waals surface area contributed by atoms with E-state index in [1.807, 2.05) is 38.8 Å². The Hall–Kier alpha value is -1.98. The Morgan fingerprint density at radius 3 is 2.59 bits per heavy atom. The third kappa shape index (κ3) is 1.98. The molecule has 6 heteroatoms. The van der Waals surface area contributed by atoms with E-state index in [0.717, 1.165) is 23.0 Å². The smallest absolute Gasteiger partial charge is 0.150 e. The number of hydrogen-bond donors (Lipinski definition) is 1. The van der Waals surface area contributed by atoms with Gasteiger partial charge >= 0.3 is 0 Å². The maximum atomic E-state index is 6.02. The minimum atomic E-state index is 0.701. The summed E-state index contributed by atoms with van der Waals surface area (Å²) in [5.41, 5.74) is 7.60. The second-order valence-corrected chi connectivity index (χ2v) is 4.26. The highest BCUT2D eigenvalue weighted by Gasteiger charge is 2.15. The van der Waals surface area contributed by atoms with E-state index in [1.165, 1.54) is 0 Å². The first-order valence-corrected chi connectivity index (χ1v) is 5.47. The average molecular weight is 234 g/mol. The molecule has 2 heterocycles. The average Bonchev–Trinajstić information content (AvgIpc) is 2.74. The van der Waals surface area contributed by atoms with Crippen molar-refractivity contribution in [2.75, 3.05) is 17.7 Å². The molecule has 0 aromatic carbocycles. The molecular weight excluding hydrogens is 216 g/mol. The fourth-order valence-electron chi connectivity index (χ4n) is 1.95. The second-order valence-electron chi connectivity index (χ2n) is 4.26. The van der Waals surface area contributed by atoms with E-state index in [9.17, 15) is 0 Å². The molecule has 0 saturated carbocycles. The van der Waals surface area contributed by atoms with Gasteiger partial charge in [-0.05, 0) is 6.92 Å². The summed E-state index contributed by atoms with van der Waals surface area (Å²) in [6.45, 7) is 2.61. The van der Waals surface area contributed by atoms with Gasteiger partial charge in [0.15, 0.2) is 5.82 Å². The van der Waals surface area contributed by atoms with Crippen LogP contribution in [0.4, 0.5) is 11.5 Å². The molecule has 0 aliphatic heterocycles. The number of nitrogens with two attached hydrogens (primary N) is 1. The number of aromatic nitrogens is 4. The normalized spacial score (nSPS) is 10.8. The Labute approximate surface area is 101 Å².